The maximum absolute atomic E-state index is 8.25. The van der Waals surface area contributed by atoms with E-state index in [0.717, 1.165) is 0 Å². The van der Waals surface area contributed by atoms with Crippen LogP contribution in [-0.4, -0.2) is 34.6 Å². The van der Waals surface area contributed by atoms with Crippen LogP contribution in [0.15, 0.2) is 0 Å². The molecular formula is HKNNaO3. The first kappa shape index (κ1) is 15.7. The molecule has 0 aliphatic heterocycles. The molecule has 0 bridgehead atoms. The summed E-state index contributed by atoms with van der Waals surface area (Å²) in [6.07, 6.45) is 0. The first-order chi connectivity index (χ1) is 1.73. The Morgan fingerprint density at radius 2 is 1.33 bits per heavy atom. The number of hydrogen-bond acceptors (Lipinski definition) is 3. The quantitative estimate of drug-likeness (QED) is 0.189. The SMILES string of the molecule is O=[N+]([O-])[O-].[K+].[NaH]. The van der Waals surface area contributed by atoms with Crippen LogP contribution in [0.1, 0.15) is 0 Å². The predicted octanol–water partition coefficient (Wildman–Crippen LogP) is -3.88. The Kier molecular flexibility index (Phi) is 26.0. The Morgan fingerprint density at radius 3 is 1.33 bits per heavy atom. The third kappa shape index (κ3) is 40.5. The van der Waals surface area contributed by atoms with E-state index in [1.54, 1.807) is 0 Å². The average Bonchev–Trinajstić information content (AvgIpc) is 0.811. The molecule has 0 aromatic carbocycles. The van der Waals surface area contributed by atoms with Crippen LogP contribution in [0.2, 0.25) is 0 Å². The van der Waals surface area contributed by atoms with Gasteiger partial charge in [0.25, 0.3) is 0 Å². The van der Waals surface area contributed by atoms with Gasteiger partial charge in [0.05, 0.1) is 5.09 Å². The molecule has 26 valence electrons. The molecule has 6 heteroatoms. The summed E-state index contributed by atoms with van der Waals surface area (Å²) < 4.78 is 0. The fraction of sp³-hybridized carbons (Fsp3) is 0. The van der Waals surface area contributed by atoms with Crippen molar-refractivity contribution in [2.45, 2.75) is 0 Å². The zero-order chi connectivity index (χ0) is 3.58. The van der Waals surface area contributed by atoms with Crippen LogP contribution in [0.25, 0.3) is 0 Å². The molecule has 0 amide bonds. The summed E-state index contributed by atoms with van der Waals surface area (Å²) in [7, 11) is 0. The summed E-state index contributed by atoms with van der Waals surface area (Å²) in [4.78, 5) is 8.25. The molecular weight excluding hydrogens is 124 g/mol. The molecule has 0 aromatic rings. The van der Waals surface area contributed by atoms with Gasteiger partial charge in [-0.2, -0.15) is 0 Å². The number of hydrogen-bond donors (Lipinski definition) is 0. The molecule has 0 N–H and O–H groups in total. The molecule has 0 aromatic heterocycles. The van der Waals surface area contributed by atoms with Crippen molar-refractivity contribution < 1.29 is 56.5 Å². The van der Waals surface area contributed by atoms with E-state index in [4.69, 9.17) is 15.3 Å². The van der Waals surface area contributed by atoms with E-state index in [-0.39, 0.29) is 80.9 Å². The Bertz CT molecular complexity index is 33.8. The molecule has 0 spiro atoms. The number of nitrogens with zero attached hydrogens (tertiary/aromatic N) is 1. The van der Waals surface area contributed by atoms with Gasteiger partial charge >= 0.3 is 80.9 Å². The summed E-state index contributed by atoms with van der Waals surface area (Å²) in [5.74, 6) is 0. The topological polar surface area (TPSA) is 66.2 Å². The molecule has 0 heterocycles. The van der Waals surface area contributed by atoms with Gasteiger partial charge in [0.2, 0.25) is 0 Å². The van der Waals surface area contributed by atoms with Gasteiger partial charge in [-0.3, -0.25) is 0 Å². The van der Waals surface area contributed by atoms with Crippen LogP contribution in [0.5, 0.6) is 0 Å². The van der Waals surface area contributed by atoms with Gasteiger partial charge in [-0.25, -0.2) is 0 Å². The van der Waals surface area contributed by atoms with E-state index in [1.165, 1.54) is 0 Å². The van der Waals surface area contributed by atoms with Gasteiger partial charge in [-0.15, -0.1) is 0 Å². The van der Waals surface area contributed by atoms with Crippen molar-refractivity contribution in [2.24, 2.45) is 0 Å². The van der Waals surface area contributed by atoms with E-state index in [1.807, 2.05) is 0 Å². The van der Waals surface area contributed by atoms with Gasteiger partial charge in [-0.1, -0.05) is 0 Å². The van der Waals surface area contributed by atoms with Crippen molar-refractivity contribution in [3.63, 3.8) is 0 Å². The summed E-state index contributed by atoms with van der Waals surface area (Å²) in [5.41, 5.74) is 0. The Hall–Kier alpha value is 1.84. The van der Waals surface area contributed by atoms with Crippen LogP contribution in [0.3, 0.4) is 0 Å². The third-order valence-corrected chi connectivity index (χ3v) is 0. The third-order valence-electron chi connectivity index (χ3n) is 0. The Labute approximate surface area is 99.1 Å². The van der Waals surface area contributed by atoms with Crippen molar-refractivity contribution in [1.29, 1.82) is 0 Å². The zero-order valence-corrected chi connectivity index (χ0v) is 5.80. The molecule has 0 fully saturated rings. The van der Waals surface area contributed by atoms with Crippen molar-refractivity contribution >= 4 is 29.6 Å². The van der Waals surface area contributed by atoms with Crippen LogP contribution >= 0.6 is 0 Å². The van der Waals surface area contributed by atoms with Crippen LogP contribution < -0.4 is 51.4 Å². The summed E-state index contributed by atoms with van der Waals surface area (Å²) in [6.45, 7) is 0. The van der Waals surface area contributed by atoms with Gasteiger partial charge in [-0.05, 0) is 0 Å². The molecule has 0 saturated heterocycles. The van der Waals surface area contributed by atoms with E-state index >= 15 is 0 Å². The molecule has 4 nitrogen and oxygen atoms in total. The molecule has 6 heavy (non-hydrogen) atoms. The Morgan fingerprint density at radius 1 is 1.33 bits per heavy atom. The van der Waals surface area contributed by atoms with Crippen molar-refractivity contribution in [3.8, 4) is 0 Å². The summed E-state index contributed by atoms with van der Waals surface area (Å²) in [5, 5.41) is 14.8. The van der Waals surface area contributed by atoms with Crippen LogP contribution in [0, 0.1) is 15.3 Å². The molecule has 0 unspecified atom stereocenters. The van der Waals surface area contributed by atoms with Crippen molar-refractivity contribution in [1.82, 2.24) is 0 Å². The second-order valence-corrected chi connectivity index (χ2v) is 0.224. The minimum atomic E-state index is -1.75. The Balaban J connectivity index is -0.0000000450. The molecule has 0 aliphatic carbocycles. The van der Waals surface area contributed by atoms with Crippen molar-refractivity contribution in [3.05, 3.63) is 15.3 Å². The second-order valence-electron chi connectivity index (χ2n) is 0.224. The first-order valence-electron chi connectivity index (χ1n) is 0.548. The summed E-state index contributed by atoms with van der Waals surface area (Å²) >= 11 is 0. The fourth-order valence-corrected chi connectivity index (χ4v) is 0. The van der Waals surface area contributed by atoms with Gasteiger partial charge in [0.1, 0.15) is 0 Å². The van der Waals surface area contributed by atoms with Gasteiger partial charge in [0.15, 0.2) is 0 Å². The monoisotopic (exact) mass is 125 g/mol. The van der Waals surface area contributed by atoms with Gasteiger partial charge < -0.3 is 15.3 Å². The van der Waals surface area contributed by atoms with E-state index < -0.39 is 5.09 Å². The second kappa shape index (κ2) is 9.96. The number of rotatable bonds is 0. The first-order valence-corrected chi connectivity index (χ1v) is 0.548. The molecule has 0 rings (SSSR count). The molecule has 0 radical (unpaired) electrons. The maximum atomic E-state index is 8.25. The van der Waals surface area contributed by atoms with Crippen molar-refractivity contribution in [2.75, 3.05) is 0 Å². The van der Waals surface area contributed by atoms with E-state index in [2.05, 4.69) is 0 Å². The van der Waals surface area contributed by atoms with Crippen LogP contribution in [-0.2, 0) is 0 Å². The molecule has 0 aliphatic rings. The van der Waals surface area contributed by atoms with E-state index in [0.29, 0.717) is 0 Å². The van der Waals surface area contributed by atoms with Crippen LogP contribution in [0.4, 0.5) is 0 Å². The molecule has 0 atom stereocenters. The normalized spacial score (nSPS) is 4.00. The summed E-state index contributed by atoms with van der Waals surface area (Å²) in [6, 6.07) is 0. The minimum absolute atomic E-state index is 0. The predicted molar refractivity (Wildman–Crippen MR) is 17.5 cm³/mol. The van der Waals surface area contributed by atoms with E-state index in [9.17, 15) is 0 Å². The van der Waals surface area contributed by atoms with Gasteiger partial charge in [0, 0.05) is 0 Å². The fourth-order valence-electron chi connectivity index (χ4n) is 0. The standard InChI is InChI=1S/K.NO3.Na.H/c;2-1(3)4;;/q+1;-1;;. The zero-order valence-electron chi connectivity index (χ0n) is 2.67. The average molecular weight is 125 g/mol. The molecule has 0 saturated carbocycles.